The molecule has 0 bridgehead atoms. The van der Waals surface area contributed by atoms with Crippen LogP contribution < -0.4 is 5.73 Å². The molecule has 1 aromatic carbocycles. The summed E-state index contributed by atoms with van der Waals surface area (Å²) >= 11 is 0. The van der Waals surface area contributed by atoms with E-state index in [1.165, 1.54) is 24.6 Å². The van der Waals surface area contributed by atoms with Gasteiger partial charge in [0.1, 0.15) is 18.1 Å². The van der Waals surface area contributed by atoms with E-state index in [-0.39, 0.29) is 5.82 Å². The third-order valence-electron chi connectivity index (χ3n) is 1.93. The van der Waals surface area contributed by atoms with Crippen molar-refractivity contribution in [3.63, 3.8) is 0 Å². The molecule has 0 aliphatic heterocycles. The maximum atomic E-state index is 12.9. The summed E-state index contributed by atoms with van der Waals surface area (Å²) in [5, 5.41) is 0. The number of benzene rings is 1. The second-order valence-electron chi connectivity index (χ2n) is 2.90. The van der Waals surface area contributed by atoms with Gasteiger partial charge in [0.15, 0.2) is 0 Å². The molecule has 0 fully saturated rings. The molecule has 0 unspecified atom stereocenters. The topological polar surface area (TPSA) is 52.0 Å². The summed E-state index contributed by atoms with van der Waals surface area (Å²) in [5.41, 5.74) is 6.45. The van der Waals surface area contributed by atoms with E-state index in [4.69, 9.17) is 10.2 Å². The van der Waals surface area contributed by atoms with Crippen LogP contribution in [0.1, 0.15) is 17.5 Å². The lowest BCUT2D eigenvalue weighted by molar-refractivity contribution is 0.473. The van der Waals surface area contributed by atoms with Crippen LogP contribution >= 0.6 is 0 Å². The Kier molecular flexibility index (Phi) is 2.28. The third-order valence-corrected chi connectivity index (χ3v) is 1.93. The number of hydrogen-bond acceptors (Lipinski definition) is 3. The molecule has 0 amide bonds. The molecule has 72 valence electrons. The fraction of sp³-hybridized carbons (Fsp3) is 0.100. The number of rotatable bonds is 2. The zero-order chi connectivity index (χ0) is 9.97. The Labute approximate surface area is 80.4 Å². The van der Waals surface area contributed by atoms with Crippen molar-refractivity contribution < 1.29 is 8.81 Å². The van der Waals surface area contributed by atoms with Crippen LogP contribution in [0.4, 0.5) is 4.39 Å². The third kappa shape index (κ3) is 1.65. The minimum absolute atomic E-state index is 0.315. The quantitative estimate of drug-likeness (QED) is 0.790. The van der Waals surface area contributed by atoms with Crippen molar-refractivity contribution in [2.45, 2.75) is 6.04 Å². The second kappa shape index (κ2) is 3.59. The minimum Gasteiger partial charge on any atom is -0.447 e. The molecule has 0 saturated heterocycles. The first-order valence-electron chi connectivity index (χ1n) is 4.18. The Balaban J connectivity index is 2.32. The maximum absolute atomic E-state index is 12.9. The summed E-state index contributed by atoms with van der Waals surface area (Å²) < 4.78 is 17.9. The highest BCUT2D eigenvalue weighted by atomic mass is 19.1. The van der Waals surface area contributed by atoms with E-state index in [2.05, 4.69) is 4.98 Å². The van der Waals surface area contributed by atoms with E-state index < -0.39 is 6.04 Å². The molecule has 2 aromatic rings. The van der Waals surface area contributed by atoms with Crippen molar-refractivity contribution in [1.29, 1.82) is 0 Å². The molecule has 2 N–H and O–H groups in total. The molecular weight excluding hydrogens is 183 g/mol. The molecule has 0 saturated carbocycles. The number of aromatic nitrogens is 1. The fourth-order valence-electron chi connectivity index (χ4n) is 1.23. The molecular formula is C10H9FN2O. The predicted molar refractivity (Wildman–Crippen MR) is 48.9 cm³/mol. The lowest BCUT2D eigenvalue weighted by atomic mass is 10.1. The average molecular weight is 192 g/mol. The molecule has 4 heteroatoms. The van der Waals surface area contributed by atoms with Crippen LogP contribution in [0.3, 0.4) is 0 Å². The van der Waals surface area contributed by atoms with E-state index >= 15 is 0 Å². The summed E-state index contributed by atoms with van der Waals surface area (Å²) in [4.78, 5) is 3.91. The van der Waals surface area contributed by atoms with Gasteiger partial charge in [0.25, 0.3) is 0 Å². The van der Waals surface area contributed by atoms with Crippen LogP contribution in [-0.2, 0) is 0 Å². The number of hydrogen-bond donors (Lipinski definition) is 1. The van der Waals surface area contributed by atoms with Gasteiger partial charge >= 0.3 is 0 Å². The summed E-state index contributed by atoms with van der Waals surface area (Å²) in [5.74, 6) is 0.0695. The van der Waals surface area contributed by atoms with E-state index in [9.17, 15) is 4.39 Å². The molecule has 1 aromatic heterocycles. The largest absolute Gasteiger partial charge is 0.447 e. The summed E-state index contributed by atoms with van der Waals surface area (Å²) in [6.07, 6.45) is 2.95. The Morgan fingerprint density at radius 1 is 1.43 bits per heavy atom. The number of oxazole rings is 1. The summed E-state index contributed by atoms with van der Waals surface area (Å²) in [7, 11) is 0. The lowest BCUT2D eigenvalue weighted by Gasteiger charge is -2.07. The van der Waals surface area contributed by atoms with Crippen molar-refractivity contribution in [1.82, 2.24) is 4.98 Å². The molecule has 0 spiro atoms. The lowest BCUT2D eigenvalue weighted by Crippen LogP contribution is -2.12. The van der Waals surface area contributed by atoms with Gasteiger partial charge in [-0.25, -0.2) is 9.37 Å². The van der Waals surface area contributed by atoms with E-state index in [1.807, 2.05) is 0 Å². The van der Waals surface area contributed by atoms with Crippen molar-refractivity contribution in [2.75, 3.05) is 0 Å². The van der Waals surface area contributed by atoms with Crippen LogP contribution in [0.2, 0.25) is 0 Å². The van der Waals surface area contributed by atoms with E-state index in [0.29, 0.717) is 11.5 Å². The highest BCUT2D eigenvalue weighted by molar-refractivity contribution is 5.23. The van der Waals surface area contributed by atoms with Gasteiger partial charge in [0.2, 0.25) is 5.89 Å². The summed E-state index contributed by atoms with van der Waals surface area (Å²) in [6, 6.07) is 5.56. The number of halogens is 1. The van der Waals surface area contributed by atoms with Crippen LogP contribution in [0.15, 0.2) is 41.1 Å². The van der Waals surface area contributed by atoms with Crippen LogP contribution in [0.5, 0.6) is 0 Å². The van der Waals surface area contributed by atoms with Gasteiger partial charge in [-0.05, 0) is 17.7 Å². The first-order valence-corrected chi connectivity index (χ1v) is 4.18. The maximum Gasteiger partial charge on any atom is 0.215 e. The van der Waals surface area contributed by atoms with Gasteiger partial charge in [-0.2, -0.15) is 0 Å². The highest BCUT2D eigenvalue weighted by Crippen LogP contribution is 2.18. The van der Waals surface area contributed by atoms with Crippen molar-refractivity contribution in [3.05, 3.63) is 54.0 Å². The highest BCUT2D eigenvalue weighted by Gasteiger charge is 2.13. The minimum atomic E-state index is -0.513. The van der Waals surface area contributed by atoms with Gasteiger partial charge in [-0.3, -0.25) is 0 Å². The zero-order valence-electron chi connectivity index (χ0n) is 7.35. The standard InChI is InChI=1S/C10H9FN2O/c11-8-3-1-2-7(6-8)9(12)10-13-4-5-14-10/h1-6,9H,12H2/t9-/m1/s1. The smallest absolute Gasteiger partial charge is 0.215 e. The van der Waals surface area contributed by atoms with Gasteiger partial charge in [-0.15, -0.1) is 0 Å². The molecule has 14 heavy (non-hydrogen) atoms. The Hall–Kier alpha value is -1.68. The molecule has 3 nitrogen and oxygen atoms in total. The van der Waals surface area contributed by atoms with Gasteiger partial charge in [0, 0.05) is 0 Å². The Bertz CT molecular complexity index is 414. The first kappa shape index (κ1) is 8.90. The summed E-state index contributed by atoms with van der Waals surface area (Å²) in [6.45, 7) is 0. The monoisotopic (exact) mass is 192 g/mol. The molecule has 0 aliphatic rings. The van der Waals surface area contributed by atoms with Crippen molar-refractivity contribution in [2.24, 2.45) is 5.73 Å². The first-order chi connectivity index (χ1) is 6.77. The predicted octanol–water partition coefficient (Wildman–Crippen LogP) is 1.86. The SMILES string of the molecule is N[C@H](c1cccc(F)c1)c1ncco1. The zero-order valence-corrected chi connectivity index (χ0v) is 7.35. The molecule has 2 rings (SSSR count). The molecule has 0 radical (unpaired) electrons. The second-order valence-corrected chi connectivity index (χ2v) is 2.90. The van der Waals surface area contributed by atoms with Crippen LogP contribution in [-0.4, -0.2) is 4.98 Å². The van der Waals surface area contributed by atoms with Crippen molar-refractivity contribution >= 4 is 0 Å². The normalized spacial score (nSPS) is 12.7. The van der Waals surface area contributed by atoms with E-state index in [0.717, 1.165) is 0 Å². The molecule has 1 heterocycles. The van der Waals surface area contributed by atoms with Crippen molar-refractivity contribution in [3.8, 4) is 0 Å². The van der Waals surface area contributed by atoms with Gasteiger partial charge in [-0.1, -0.05) is 12.1 Å². The van der Waals surface area contributed by atoms with Crippen LogP contribution in [0, 0.1) is 5.82 Å². The Morgan fingerprint density at radius 3 is 2.93 bits per heavy atom. The van der Waals surface area contributed by atoms with Gasteiger partial charge < -0.3 is 10.2 Å². The molecule has 0 aliphatic carbocycles. The fourth-order valence-corrected chi connectivity index (χ4v) is 1.23. The van der Waals surface area contributed by atoms with Crippen LogP contribution in [0.25, 0.3) is 0 Å². The van der Waals surface area contributed by atoms with Gasteiger partial charge in [0.05, 0.1) is 6.20 Å². The molecule has 1 atom stereocenters. The Morgan fingerprint density at radius 2 is 2.29 bits per heavy atom. The average Bonchev–Trinajstić information content (AvgIpc) is 2.69. The van der Waals surface area contributed by atoms with E-state index in [1.54, 1.807) is 12.1 Å². The number of nitrogens with zero attached hydrogens (tertiary/aromatic N) is 1. The number of nitrogens with two attached hydrogens (primary N) is 1.